The number of rotatable bonds is 40. The van der Waals surface area contributed by atoms with Gasteiger partial charge in [0.05, 0.1) is 25.2 Å². The van der Waals surface area contributed by atoms with Gasteiger partial charge in [0.1, 0.15) is 42.3 Å². The summed E-state index contributed by atoms with van der Waals surface area (Å²) in [5.41, 5.74) is 23.3. The van der Waals surface area contributed by atoms with Crippen LogP contribution < -0.4 is 70.8 Å². The highest BCUT2D eigenvalue weighted by molar-refractivity contribution is 5.98. The molecule has 0 heterocycles. The minimum absolute atomic E-state index is 0.0431. The molecule has 0 spiro atoms. The van der Waals surface area contributed by atoms with Crippen molar-refractivity contribution in [2.24, 2.45) is 34.8 Å². The summed E-state index contributed by atoms with van der Waals surface area (Å²) in [6.07, 6.45) is -1.36. The molecule has 0 radical (unpaired) electrons. The second-order valence-corrected chi connectivity index (χ2v) is 19.7. The van der Waals surface area contributed by atoms with Gasteiger partial charge in [-0.05, 0) is 102 Å². The van der Waals surface area contributed by atoms with Crippen LogP contribution in [-0.4, -0.2) is 167 Å². The molecule has 0 unspecified atom stereocenters. The third-order valence-corrected chi connectivity index (χ3v) is 12.4. The Balaban J connectivity index is 3.25. The number of carboxylic acids is 2. The highest BCUT2D eigenvalue weighted by Crippen LogP contribution is 2.14. The second-order valence-electron chi connectivity index (χ2n) is 19.7. The largest absolute Gasteiger partial charge is 0.481 e. The third kappa shape index (κ3) is 28.2. The number of carbonyl (C=O) groups excluding carboxylic acids is 10. The van der Waals surface area contributed by atoms with E-state index in [2.05, 4.69) is 47.9 Å². The molecule has 1 aromatic rings. The minimum Gasteiger partial charge on any atom is -0.481 e. The molecule has 0 aliphatic carbocycles. The molecule has 1 rings (SSSR count). The van der Waals surface area contributed by atoms with E-state index in [0.29, 0.717) is 32.2 Å². The summed E-state index contributed by atoms with van der Waals surface area (Å²) in [5, 5.41) is 51.8. The maximum atomic E-state index is 14.1. The maximum Gasteiger partial charge on any atom is 0.326 e. The number of nitrogens with one attached hydrogen (secondary N) is 9. The summed E-state index contributed by atoms with van der Waals surface area (Å²) < 4.78 is 0. The minimum atomic E-state index is -1.74. The first-order valence-electron chi connectivity index (χ1n) is 26.5. The van der Waals surface area contributed by atoms with Crippen LogP contribution >= 0.6 is 0 Å². The topological polar surface area (TPSA) is 478 Å². The number of amides is 10. The van der Waals surface area contributed by atoms with Gasteiger partial charge in [0.15, 0.2) is 0 Å². The summed E-state index contributed by atoms with van der Waals surface area (Å²) in [6.45, 7) is 7.03. The molecule has 20 N–H and O–H groups in total. The lowest BCUT2D eigenvalue weighted by molar-refractivity contribution is -0.143. The summed E-state index contributed by atoms with van der Waals surface area (Å²) in [7, 11) is 0. The fraction of sp³-hybridized carbons (Fsp3) is 0.647. The Morgan fingerprint density at radius 3 is 1.53 bits per heavy atom. The summed E-state index contributed by atoms with van der Waals surface area (Å²) in [6, 6.07) is -2.33. The monoisotopic (exact) mass is 1120 g/mol. The number of aliphatic hydroxyl groups excluding tert-OH is 1. The van der Waals surface area contributed by atoms with Gasteiger partial charge in [-0.1, -0.05) is 64.4 Å². The number of nitrogens with two attached hydrogens (primary N) is 4. The molecule has 10 atom stereocenters. The van der Waals surface area contributed by atoms with Gasteiger partial charge in [-0.2, -0.15) is 0 Å². The van der Waals surface area contributed by atoms with Gasteiger partial charge in [-0.3, -0.25) is 52.7 Å². The molecular formula is C51H85N13O15. The number of aliphatic hydroxyl groups is 1. The van der Waals surface area contributed by atoms with Crippen LogP contribution in [0.1, 0.15) is 117 Å². The molecule has 0 aliphatic rings. The van der Waals surface area contributed by atoms with Crippen LogP contribution in [0.25, 0.3) is 0 Å². The lowest BCUT2D eigenvalue weighted by Gasteiger charge is -2.29. The van der Waals surface area contributed by atoms with Gasteiger partial charge < -0.3 is 86.1 Å². The number of benzene rings is 1. The van der Waals surface area contributed by atoms with E-state index in [4.69, 9.17) is 22.9 Å². The zero-order valence-corrected chi connectivity index (χ0v) is 45.8. The van der Waals surface area contributed by atoms with E-state index < -0.39 is 157 Å². The number of hydrogen-bond donors (Lipinski definition) is 16. The van der Waals surface area contributed by atoms with Crippen molar-refractivity contribution in [2.45, 2.75) is 173 Å². The molecule has 10 amide bonds. The van der Waals surface area contributed by atoms with Gasteiger partial charge in [-0.15, -0.1) is 0 Å². The van der Waals surface area contributed by atoms with Crippen LogP contribution in [-0.2, 0) is 64.0 Å². The average molecular weight is 1120 g/mol. The molecule has 0 aliphatic heterocycles. The second kappa shape index (κ2) is 37.5. The number of primary amides is 1. The molecule has 0 saturated heterocycles. The Kier molecular flexibility index (Phi) is 33.1. The SMILES string of the molecule is CC[C@H](C)[C@H](NC(=O)[C@H](CCC(=O)O)NC(=O)[C@H](CC(C)C)NC(=O)[C@H](CCCCN)NC(=O)[C@@H](NC(=O)CNC(=O)[C@H](CCC(N)=O)NC(=O)CNC(=O)[C@@H](N)Cc1ccccc1)[C@@H](C)O)C(=O)N[C@@H](CCCCN)C(=O)O. The van der Waals surface area contributed by atoms with Crippen LogP contribution in [0.5, 0.6) is 0 Å². The molecule has 0 aromatic heterocycles. The molecule has 0 saturated carbocycles. The summed E-state index contributed by atoms with van der Waals surface area (Å²) in [4.78, 5) is 156. The number of hydrogen-bond acceptors (Lipinski definition) is 16. The van der Waals surface area contributed by atoms with Crippen LogP contribution in [0.4, 0.5) is 0 Å². The predicted molar refractivity (Wildman–Crippen MR) is 287 cm³/mol. The molecule has 444 valence electrons. The summed E-state index contributed by atoms with van der Waals surface area (Å²) in [5.74, 6) is -12.5. The van der Waals surface area contributed by atoms with E-state index in [1.54, 1.807) is 58.0 Å². The van der Waals surface area contributed by atoms with Gasteiger partial charge >= 0.3 is 11.9 Å². The first-order valence-corrected chi connectivity index (χ1v) is 26.5. The molecular weight excluding hydrogens is 1030 g/mol. The van der Waals surface area contributed by atoms with Crippen molar-refractivity contribution < 1.29 is 72.9 Å². The Labute approximate surface area is 459 Å². The van der Waals surface area contributed by atoms with Crippen LogP contribution in [0.15, 0.2) is 30.3 Å². The van der Waals surface area contributed by atoms with Crippen molar-refractivity contribution in [1.82, 2.24) is 47.9 Å². The number of carboxylic acid groups (broad SMARTS) is 2. The maximum absolute atomic E-state index is 14.1. The lowest BCUT2D eigenvalue weighted by atomic mass is 9.96. The fourth-order valence-electron chi connectivity index (χ4n) is 7.75. The highest BCUT2D eigenvalue weighted by Gasteiger charge is 2.36. The predicted octanol–water partition coefficient (Wildman–Crippen LogP) is -3.87. The van der Waals surface area contributed by atoms with E-state index in [0.717, 1.165) is 12.5 Å². The molecule has 79 heavy (non-hydrogen) atoms. The smallest absolute Gasteiger partial charge is 0.326 e. The van der Waals surface area contributed by atoms with Crippen molar-refractivity contribution >= 4 is 71.0 Å². The van der Waals surface area contributed by atoms with E-state index in [1.165, 1.54) is 0 Å². The number of unbranched alkanes of at least 4 members (excludes halogenated alkanes) is 2. The molecule has 28 heteroatoms. The van der Waals surface area contributed by atoms with Gasteiger partial charge in [0.25, 0.3) is 0 Å². The van der Waals surface area contributed by atoms with Crippen LogP contribution in [0, 0.1) is 11.8 Å². The zero-order chi connectivity index (χ0) is 59.8. The number of aliphatic carboxylic acids is 2. The van der Waals surface area contributed by atoms with E-state index >= 15 is 0 Å². The summed E-state index contributed by atoms with van der Waals surface area (Å²) >= 11 is 0. The standard InChI is InChI=1S/C51H85N13O15/c1-6-29(4)42(49(76)61-36(51(78)79)17-11-13-23-53)64-47(74)35(19-21-41(69)70)59-48(75)37(24-28(2)3)62-46(73)33(16-10-12-22-52)60-50(77)43(30(5)65)63-40(68)27-57-45(72)34(18-20-38(55)66)58-39(67)26-56-44(71)32(54)25-31-14-8-7-9-15-31/h7-9,14-15,28-30,32-37,42-43,65H,6,10-13,16-27,52-54H2,1-5H3,(H2,55,66)(H,56,71)(H,57,72)(H,58,67)(H,59,75)(H,60,77)(H,61,76)(H,62,73)(H,63,68)(H,64,74)(H,69,70)(H,78,79)/t29-,30+,32-,33-,34-,35-,36-,37-,42-,43-/m0/s1. The van der Waals surface area contributed by atoms with Gasteiger partial charge in [-0.25, -0.2) is 4.79 Å². The van der Waals surface area contributed by atoms with E-state index in [9.17, 15) is 72.9 Å². The third-order valence-electron chi connectivity index (χ3n) is 12.4. The molecule has 0 fully saturated rings. The average Bonchev–Trinajstić information content (AvgIpc) is 3.38. The van der Waals surface area contributed by atoms with Crippen LogP contribution in [0.3, 0.4) is 0 Å². The highest BCUT2D eigenvalue weighted by atomic mass is 16.4. The van der Waals surface area contributed by atoms with Crippen LogP contribution in [0.2, 0.25) is 0 Å². The Bertz CT molecular complexity index is 2190. The zero-order valence-electron chi connectivity index (χ0n) is 45.8. The Morgan fingerprint density at radius 2 is 1.00 bits per heavy atom. The molecule has 1 aromatic carbocycles. The Morgan fingerprint density at radius 1 is 0.532 bits per heavy atom. The van der Waals surface area contributed by atoms with Crippen molar-refractivity contribution in [2.75, 3.05) is 26.2 Å². The quantitative estimate of drug-likeness (QED) is 0.0280. The first-order chi connectivity index (χ1) is 37.2. The first kappa shape index (κ1) is 69.7. The van der Waals surface area contributed by atoms with Gasteiger partial charge in [0.2, 0.25) is 59.1 Å². The lowest BCUT2D eigenvalue weighted by Crippen LogP contribution is -2.61. The van der Waals surface area contributed by atoms with Crippen molar-refractivity contribution in [1.29, 1.82) is 0 Å². The molecule has 28 nitrogen and oxygen atoms in total. The van der Waals surface area contributed by atoms with Crippen molar-refractivity contribution in [3.63, 3.8) is 0 Å². The molecule has 0 bridgehead atoms. The van der Waals surface area contributed by atoms with Crippen molar-refractivity contribution in [3.8, 4) is 0 Å². The van der Waals surface area contributed by atoms with E-state index in [1.807, 2.05) is 0 Å². The van der Waals surface area contributed by atoms with Gasteiger partial charge in [0, 0.05) is 12.8 Å². The Hall–Kier alpha value is -7.30. The fourth-order valence-corrected chi connectivity index (χ4v) is 7.75. The normalized spacial score (nSPS) is 14.9. The van der Waals surface area contributed by atoms with Crippen molar-refractivity contribution in [3.05, 3.63) is 35.9 Å². The number of carbonyl (C=O) groups is 12. The van der Waals surface area contributed by atoms with E-state index in [-0.39, 0.29) is 57.4 Å².